The summed E-state index contributed by atoms with van der Waals surface area (Å²) in [7, 11) is 2.97. The normalized spacial score (nSPS) is 17.8. The number of methoxy groups -OCH3 is 2. The van der Waals surface area contributed by atoms with Crippen LogP contribution in [0.25, 0.3) is 5.52 Å². The smallest absolute Gasteiger partial charge is 0.407 e. The number of ether oxygens (including phenoxy) is 3. The Kier molecular flexibility index (Phi) is 8.01. The highest BCUT2D eigenvalue weighted by atomic mass is 16.5. The van der Waals surface area contributed by atoms with Gasteiger partial charge in [0.15, 0.2) is 5.82 Å². The molecule has 1 amide bonds. The monoisotopic (exact) mass is 494 g/mol. The first-order chi connectivity index (χ1) is 17.5. The summed E-state index contributed by atoms with van der Waals surface area (Å²) in [6, 6.07) is 9.20. The second-order valence-corrected chi connectivity index (χ2v) is 8.39. The highest BCUT2D eigenvalue weighted by Crippen LogP contribution is 2.27. The number of hydrogen-bond donors (Lipinski definition) is 2. The van der Waals surface area contributed by atoms with Gasteiger partial charge in [-0.1, -0.05) is 18.7 Å². The largest absolute Gasteiger partial charge is 0.497 e. The van der Waals surface area contributed by atoms with Crippen LogP contribution in [-0.2, 0) is 20.8 Å². The first kappa shape index (κ1) is 25.0. The minimum absolute atomic E-state index is 0.101. The molecule has 0 aliphatic carbocycles. The second-order valence-electron chi connectivity index (χ2n) is 8.39. The maximum absolute atomic E-state index is 12.5. The Morgan fingerprint density at radius 1 is 1.28 bits per heavy atom. The van der Waals surface area contributed by atoms with E-state index in [-0.39, 0.29) is 18.6 Å². The van der Waals surface area contributed by atoms with Crippen molar-refractivity contribution in [2.75, 3.05) is 39.2 Å². The maximum Gasteiger partial charge on any atom is 0.407 e. The van der Waals surface area contributed by atoms with Gasteiger partial charge < -0.3 is 24.8 Å². The van der Waals surface area contributed by atoms with Crippen LogP contribution in [0.1, 0.15) is 12.0 Å². The van der Waals surface area contributed by atoms with Crippen molar-refractivity contribution >= 4 is 29.1 Å². The number of amides is 1. The Morgan fingerprint density at radius 2 is 2.14 bits per heavy atom. The van der Waals surface area contributed by atoms with E-state index >= 15 is 0 Å². The topological polar surface area (TPSA) is 119 Å². The minimum Gasteiger partial charge on any atom is -0.497 e. The molecule has 0 spiro atoms. The summed E-state index contributed by atoms with van der Waals surface area (Å²) in [6.45, 7) is 5.29. The molecule has 3 heterocycles. The molecule has 1 aliphatic rings. The SMILES string of the molecule is C=CCOC(=O)NC1CCN(Cc2ccn3ncnc(Nc4cccc(OC)c4)c23)CC1C(=O)OC. The summed E-state index contributed by atoms with van der Waals surface area (Å²) < 4.78 is 17.1. The van der Waals surface area contributed by atoms with Crippen molar-refractivity contribution in [1.29, 1.82) is 0 Å². The lowest BCUT2D eigenvalue weighted by molar-refractivity contribution is -0.148. The van der Waals surface area contributed by atoms with Gasteiger partial charge in [-0.05, 0) is 30.2 Å². The van der Waals surface area contributed by atoms with Crippen LogP contribution in [-0.4, -0.2) is 71.5 Å². The van der Waals surface area contributed by atoms with E-state index in [4.69, 9.17) is 14.2 Å². The predicted octanol–water partition coefficient (Wildman–Crippen LogP) is 2.76. The molecule has 2 atom stereocenters. The molecule has 4 rings (SSSR count). The molecular weight excluding hydrogens is 464 g/mol. The quantitative estimate of drug-likeness (QED) is 0.342. The molecule has 2 aromatic heterocycles. The number of piperidine rings is 1. The third kappa shape index (κ3) is 5.74. The summed E-state index contributed by atoms with van der Waals surface area (Å²) in [5, 5.41) is 10.5. The van der Waals surface area contributed by atoms with E-state index in [0.29, 0.717) is 31.9 Å². The number of esters is 1. The highest BCUT2D eigenvalue weighted by Gasteiger charge is 2.36. The predicted molar refractivity (Wildman–Crippen MR) is 133 cm³/mol. The van der Waals surface area contributed by atoms with E-state index in [0.717, 1.165) is 22.5 Å². The first-order valence-electron chi connectivity index (χ1n) is 11.6. The van der Waals surface area contributed by atoms with Gasteiger partial charge in [0.25, 0.3) is 0 Å². The van der Waals surface area contributed by atoms with Gasteiger partial charge in [-0.15, -0.1) is 0 Å². The number of fused-ring (bicyclic) bond motifs is 1. The fourth-order valence-corrected chi connectivity index (χ4v) is 4.37. The number of anilines is 2. The zero-order chi connectivity index (χ0) is 25.5. The molecule has 0 bridgehead atoms. The van der Waals surface area contributed by atoms with Crippen molar-refractivity contribution in [3.63, 3.8) is 0 Å². The van der Waals surface area contributed by atoms with E-state index in [1.54, 1.807) is 11.6 Å². The summed E-state index contributed by atoms with van der Waals surface area (Å²) in [6.07, 6.45) is 4.86. The highest BCUT2D eigenvalue weighted by molar-refractivity contribution is 5.77. The lowest BCUT2D eigenvalue weighted by atomic mass is 9.92. The van der Waals surface area contributed by atoms with Crippen LogP contribution in [0.4, 0.5) is 16.3 Å². The summed E-state index contributed by atoms with van der Waals surface area (Å²) in [4.78, 5) is 31.2. The van der Waals surface area contributed by atoms with E-state index in [1.807, 2.05) is 36.5 Å². The Bertz CT molecular complexity index is 1230. The van der Waals surface area contributed by atoms with E-state index < -0.39 is 12.0 Å². The molecule has 2 N–H and O–H groups in total. The second kappa shape index (κ2) is 11.5. The molecule has 36 heavy (non-hydrogen) atoms. The van der Waals surface area contributed by atoms with Gasteiger partial charge in [-0.3, -0.25) is 9.69 Å². The van der Waals surface area contributed by atoms with Crippen molar-refractivity contribution in [3.8, 4) is 5.75 Å². The van der Waals surface area contributed by atoms with Crippen LogP contribution in [0.3, 0.4) is 0 Å². The third-order valence-electron chi connectivity index (χ3n) is 6.10. The standard InChI is InChI=1S/C25H30N6O5/c1-4-12-36-25(33)29-21-9-10-30(15-20(21)24(32)35-3)14-17-8-11-31-22(17)23(26-16-27-31)28-18-6-5-7-19(13-18)34-2/h4-8,11,13,16,20-21H,1,9-10,12,14-15H2,2-3H3,(H,29,33)(H,26,27,28). The number of rotatable bonds is 9. The molecule has 0 saturated carbocycles. The van der Waals surface area contributed by atoms with Crippen LogP contribution in [0.5, 0.6) is 5.75 Å². The number of benzene rings is 1. The first-order valence-corrected chi connectivity index (χ1v) is 11.6. The zero-order valence-electron chi connectivity index (χ0n) is 20.3. The molecule has 1 fully saturated rings. The molecule has 11 heteroatoms. The van der Waals surface area contributed by atoms with Gasteiger partial charge in [0.05, 0.1) is 20.1 Å². The Hall–Kier alpha value is -4.12. The Labute approximate surface area is 209 Å². The molecule has 0 radical (unpaired) electrons. The van der Waals surface area contributed by atoms with Gasteiger partial charge >= 0.3 is 12.1 Å². The molecule has 2 unspecified atom stereocenters. The van der Waals surface area contributed by atoms with Gasteiger partial charge in [-0.2, -0.15) is 5.10 Å². The minimum atomic E-state index is -0.578. The lowest BCUT2D eigenvalue weighted by Crippen LogP contribution is -2.53. The molecule has 3 aromatic rings. The molecule has 1 saturated heterocycles. The van der Waals surface area contributed by atoms with Crippen molar-refractivity contribution in [3.05, 3.63) is 61.1 Å². The fourth-order valence-electron chi connectivity index (χ4n) is 4.37. The summed E-state index contributed by atoms with van der Waals surface area (Å²) in [5.41, 5.74) is 2.67. The van der Waals surface area contributed by atoms with Gasteiger partial charge in [0.2, 0.25) is 0 Å². The average Bonchev–Trinajstić information content (AvgIpc) is 3.31. The van der Waals surface area contributed by atoms with Gasteiger partial charge in [-0.25, -0.2) is 14.3 Å². The Balaban J connectivity index is 1.51. The number of nitrogens with one attached hydrogen (secondary N) is 2. The Morgan fingerprint density at radius 3 is 2.92 bits per heavy atom. The summed E-state index contributed by atoms with van der Waals surface area (Å²) in [5.74, 6) is 0.488. The molecule has 190 valence electrons. The fraction of sp³-hybridized carbons (Fsp3) is 0.360. The molecular formula is C25H30N6O5. The number of carbonyl (C=O) groups is 2. The van der Waals surface area contributed by atoms with Crippen molar-refractivity contribution in [2.24, 2.45) is 5.92 Å². The summed E-state index contributed by atoms with van der Waals surface area (Å²) >= 11 is 0. The van der Waals surface area contributed by atoms with Crippen LogP contribution >= 0.6 is 0 Å². The molecule has 11 nitrogen and oxygen atoms in total. The van der Waals surface area contributed by atoms with Crippen molar-refractivity contribution in [1.82, 2.24) is 24.8 Å². The number of hydrogen-bond acceptors (Lipinski definition) is 9. The van der Waals surface area contributed by atoms with Crippen molar-refractivity contribution < 1.29 is 23.8 Å². The average molecular weight is 495 g/mol. The van der Waals surface area contributed by atoms with Gasteiger partial charge in [0, 0.05) is 43.6 Å². The van der Waals surface area contributed by atoms with Crippen LogP contribution in [0.2, 0.25) is 0 Å². The van der Waals surface area contributed by atoms with Crippen LogP contribution in [0, 0.1) is 5.92 Å². The number of likely N-dealkylation sites (tertiary alicyclic amines) is 1. The van der Waals surface area contributed by atoms with E-state index in [2.05, 4.69) is 32.2 Å². The number of carbonyl (C=O) groups excluding carboxylic acids is 2. The number of nitrogens with zero attached hydrogens (tertiary/aromatic N) is 4. The van der Waals surface area contributed by atoms with Crippen molar-refractivity contribution in [2.45, 2.75) is 19.0 Å². The number of aromatic nitrogens is 3. The van der Waals surface area contributed by atoms with E-state index in [1.165, 1.54) is 19.5 Å². The number of alkyl carbamates (subject to hydrolysis) is 1. The lowest BCUT2D eigenvalue weighted by Gasteiger charge is -2.37. The zero-order valence-corrected chi connectivity index (χ0v) is 20.3. The van der Waals surface area contributed by atoms with E-state index in [9.17, 15) is 9.59 Å². The van der Waals surface area contributed by atoms with Crippen LogP contribution in [0.15, 0.2) is 55.5 Å². The third-order valence-corrected chi connectivity index (χ3v) is 6.10. The van der Waals surface area contributed by atoms with Crippen LogP contribution < -0.4 is 15.4 Å². The molecule has 1 aliphatic heterocycles. The maximum atomic E-state index is 12.5. The molecule has 1 aromatic carbocycles. The van der Waals surface area contributed by atoms with Gasteiger partial charge in [0.1, 0.15) is 24.2 Å².